The summed E-state index contributed by atoms with van der Waals surface area (Å²) < 4.78 is 6.37. The van der Waals surface area contributed by atoms with Crippen LogP contribution >= 0.6 is 0 Å². The Labute approximate surface area is 291 Å². The van der Waals surface area contributed by atoms with E-state index in [9.17, 15) is 0 Å². The van der Waals surface area contributed by atoms with E-state index < -0.39 is 0 Å². The Kier molecular flexibility index (Phi) is 8.49. The van der Waals surface area contributed by atoms with Crippen LogP contribution in [0.3, 0.4) is 0 Å². The zero-order chi connectivity index (χ0) is 33.7. The maximum absolute atomic E-state index is 6.37. The second-order valence-electron chi connectivity index (χ2n) is 12.0. The molecule has 2 heterocycles. The molecule has 0 saturated carbocycles. The molecule has 0 radical (unpaired) electrons. The van der Waals surface area contributed by atoms with E-state index in [0.717, 1.165) is 67.3 Å². The zero-order valence-corrected chi connectivity index (χ0v) is 27.4. The van der Waals surface area contributed by atoms with Gasteiger partial charge in [-0.15, -0.1) is 0 Å². The molecule has 0 fully saturated rings. The van der Waals surface area contributed by atoms with Crippen LogP contribution in [0, 0.1) is 0 Å². The molecular weight excluding hydrogens is 611 g/mol. The van der Waals surface area contributed by atoms with E-state index in [1.165, 1.54) is 5.56 Å². The fourth-order valence-electron chi connectivity index (χ4n) is 6.31. The minimum absolute atomic E-state index is 0.592. The predicted molar refractivity (Wildman–Crippen MR) is 206 cm³/mol. The molecule has 0 amide bonds. The van der Waals surface area contributed by atoms with Gasteiger partial charge in [-0.25, -0.2) is 15.0 Å². The summed E-state index contributed by atoms with van der Waals surface area (Å²) in [5.74, 6) is 1.81. The van der Waals surface area contributed by atoms with Crippen LogP contribution in [0.5, 0.6) is 0 Å². The molecule has 0 aliphatic carbocycles. The molecular formula is C46H33N3O. The molecule has 0 N–H and O–H groups in total. The summed E-state index contributed by atoms with van der Waals surface area (Å²) in [4.78, 5) is 15.5. The van der Waals surface area contributed by atoms with E-state index in [2.05, 4.69) is 122 Å². The SMILES string of the molecule is C=C/C=C\C=C/Cc1ccc(-c2nc(-c3ccc(-c4ccccc4)cc3)nc(-c3c(-c4ccccc4)ccc4oc5ccccc5c34)n2)cc1. The lowest BCUT2D eigenvalue weighted by Gasteiger charge is -2.14. The van der Waals surface area contributed by atoms with Crippen LogP contribution in [0.2, 0.25) is 0 Å². The maximum Gasteiger partial charge on any atom is 0.165 e. The predicted octanol–water partition coefficient (Wildman–Crippen LogP) is 11.9. The van der Waals surface area contributed by atoms with Crippen LogP contribution < -0.4 is 0 Å². The largest absolute Gasteiger partial charge is 0.456 e. The molecule has 0 spiro atoms. The van der Waals surface area contributed by atoms with Crippen molar-refractivity contribution in [3.8, 4) is 56.4 Å². The third-order valence-electron chi connectivity index (χ3n) is 8.80. The Morgan fingerprint density at radius 1 is 0.480 bits per heavy atom. The number of fused-ring (bicyclic) bond motifs is 3. The molecule has 0 aliphatic heterocycles. The second kappa shape index (κ2) is 13.8. The molecule has 0 saturated heterocycles. The van der Waals surface area contributed by atoms with Crippen LogP contribution in [0.1, 0.15) is 5.56 Å². The van der Waals surface area contributed by atoms with Gasteiger partial charge in [0.2, 0.25) is 0 Å². The smallest absolute Gasteiger partial charge is 0.165 e. The molecule has 50 heavy (non-hydrogen) atoms. The van der Waals surface area contributed by atoms with Gasteiger partial charge in [-0.05, 0) is 52.4 Å². The molecule has 2 aromatic heterocycles. The van der Waals surface area contributed by atoms with E-state index >= 15 is 0 Å². The van der Waals surface area contributed by atoms with Crippen LogP contribution in [0.25, 0.3) is 78.4 Å². The average Bonchev–Trinajstić information content (AvgIpc) is 3.57. The van der Waals surface area contributed by atoms with E-state index in [1.807, 2.05) is 54.6 Å². The first-order valence-corrected chi connectivity index (χ1v) is 16.7. The van der Waals surface area contributed by atoms with Crippen molar-refractivity contribution >= 4 is 21.9 Å². The Morgan fingerprint density at radius 3 is 1.76 bits per heavy atom. The summed E-state index contributed by atoms with van der Waals surface area (Å²) in [6.07, 6.45) is 10.7. The van der Waals surface area contributed by atoms with Gasteiger partial charge in [0.1, 0.15) is 11.2 Å². The van der Waals surface area contributed by atoms with Crippen LogP contribution in [-0.2, 0) is 6.42 Å². The number of hydrogen-bond acceptors (Lipinski definition) is 4. The standard InChI is InChI=1S/C46H33N3O/c1-2-3-4-5-8-15-32-22-24-36(25-23-32)44-47-45(37-28-26-34(27-29-37)33-16-9-6-10-17-33)49-46(48-44)43-38(35-18-11-7-12-19-35)30-31-41-42(43)39-20-13-14-21-40(39)50-41/h2-14,16-31H,1,15H2/b4-3-,8-5-. The lowest BCUT2D eigenvalue weighted by atomic mass is 9.94. The van der Waals surface area contributed by atoms with Gasteiger partial charge >= 0.3 is 0 Å². The van der Waals surface area contributed by atoms with Crippen LogP contribution in [-0.4, -0.2) is 15.0 Å². The summed E-state index contributed by atoms with van der Waals surface area (Å²) in [6.45, 7) is 3.73. The third-order valence-corrected chi connectivity index (χ3v) is 8.80. The zero-order valence-electron chi connectivity index (χ0n) is 27.4. The number of nitrogens with zero attached hydrogens (tertiary/aromatic N) is 3. The molecule has 6 aromatic carbocycles. The van der Waals surface area contributed by atoms with Crippen molar-refractivity contribution in [2.24, 2.45) is 0 Å². The fourth-order valence-corrected chi connectivity index (χ4v) is 6.31. The second-order valence-corrected chi connectivity index (χ2v) is 12.0. The molecule has 4 heteroatoms. The Bertz CT molecular complexity index is 2490. The molecule has 238 valence electrons. The van der Waals surface area contributed by atoms with Crippen molar-refractivity contribution in [3.63, 3.8) is 0 Å². The minimum atomic E-state index is 0.592. The Morgan fingerprint density at radius 2 is 1.06 bits per heavy atom. The molecule has 4 nitrogen and oxygen atoms in total. The number of aromatic nitrogens is 3. The topological polar surface area (TPSA) is 51.8 Å². The number of furan rings is 1. The monoisotopic (exact) mass is 643 g/mol. The van der Waals surface area contributed by atoms with Gasteiger partial charge in [-0.2, -0.15) is 0 Å². The van der Waals surface area contributed by atoms with Gasteiger partial charge in [0.15, 0.2) is 17.5 Å². The summed E-state index contributed by atoms with van der Waals surface area (Å²) in [5, 5.41) is 2.00. The molecule has 0 bridgehead atoms. The highest BCUT2D eigenvalue weighted by atomic mass is 16.3. The van der Waals surface area contributed by atoms with Gasteiger partial charge in [-0.3, -0.25) is 0 Å². The van der Waals surface area contributed by atoms with Crippen molar-refractivity contribution in [1.82, 2.24) is 15.0 Å². The molecule has 8 rings (SSSR count). The average molecular weight is 644 g/mol. The van der Waals surface area contributed by atoms with Crippen molar-refractivity contribution in [2.45, 2.75) is 6.42 Å². The first kappa shape index (κ1) is 30.7. The van der Waals surface area contributed by atoms with Crippen LogP contribution in [0.15, 0.2) is 187 Å². The van der Waals surface area contributed by atoms with Gasteiger partial charge in [0.25, 0.3) is 0 Å². The first-order valence-electron chi connectivity index (χ1n) is 16.7. The fraction of sp³-hybridized carbons (Fsp3) is 0.0217. The molecule has 0 unspecified atom stereocenters. The molecule has 0 atom stereocenters. The van der Waals surface area contributed by atoms with Gasteiger partial charge in [-0.1, -0.05) is 164 Å². The number of rotatable bonds is 9. The lowest BCUT2D eigenvalue weighted by Crippen LogP contribution is -2.01. The number of hydrogen-bond donors (Lipinski definition) is 0. The van der Waals surface area contributed by atoms with E-state index in [0.29, 0.717) is 17.5 Å². The highest BCUT2D eigenvalue weighted by Crippen LogP contribution is 2.42. The van der Waals surface area contributed by atoms with Gasteiger partial charge in [0, 0.05) is 27.5 Å². The quantitative estimate of drug-likeness (QED) is 0.147. The van der Waals surface area contributed by atoms with Crippen molar-refractivity contribution in [2.75, 3.05) is 0 Å². The third kappa shape index (κ3) is 6.18. The molecule has 0 aliphatic rings. The maximum atomic E-state index is 6.37. The summed E-state index contributed by atoms with van der Waals surface area (Å²) in [6, 6.07) is 50.0. The van der Waals surface area contributed by atoms with Gasteiger partial charge < -0.3 is 4.42 Å². The number of para-hydroxylation sites is 1. The number of allylic oxidation sites excluding steroid dienone is 5. The van der Waals surface area contributed by atoms with E-state index in [4.69, 9.17) is 19.4 Å². The van der Waals surface area contributed by atoms with Crippen molar-refractivity contribution in [3.05, 3.63) is 188 Å². The minimum Gasteiger partial charge on any atom is -0.456 e. The van der Waals surface area contributed by atoms with E-state index in [1.54, 1.807) is 6.08 Å². The summed E-state index contributed by atoms with van der Waals surface area (Å²) >= 11 is 0. The first-order chi connectivity index (χ1) is 24.7. The van der Waals surface area contributed by atoms with Crippen molar-refractivity contribution in [1.29, 1.82) is 0 Å². The summed E-state index contributed by atoms with van der Waals surface area (Å²) in [7, 11) is 0. The van der Waals surface area contributed by atoms with E-state index in [-0.39, 0.29) is 0 Å². The van der Waals surface area contributed by atoms with Crippen molar-refractivity contribution < 1.29 is 4.42 Å². The number of benzene rings is 6. The Hall–Kier alpha value is -6.65. The Balaban J connectivity index is 1.32. The molecule has 8 aromatic rings. The van der Waals surface area contributed by atoms with Crippen LogP contribution in [0.4, 0.5) is 0 Å². The highest BCUT2D eigenvalue weighted by molar-refractivity contribution is 6.15. The van der Waals surface area contributed by atoms with Gasteiger partial charge in [0.05, 0.1) is 0 Å². The highest BCUT2D eigenvalue weighted by Gasteiger charge is 2.22. The summed E-state index contributed by atoms with van der Waals surface area (Å²) in [5.41, 5.74) is 9.95. The normalized spacial score (nSPS) is 11.6. The lowest BCUT2D eigenvalue weighted by molar-refractivity contribution is 0.669.